The van der Waals surface area contributed by atoms with E-state index in [0.29, 0.717) is 6.54 Å². The van der Waals surface area contributed by atoms with Gasteiger partial charge in [0, 0.05) is 19.0 Å². The van der Waals surface area contributed by atoms with E-state index < -0.39 is 23.8 Å². The molecule has 212 valence electrons. The molecule has 0 saturated heterocycles. The van der Waals surface area contributed by atoms with E-state index in [9.17, 15) is 19.5 Å². The zero-order valence-electron chi connectivity index (χ0n) is 23.6. The van der Waals surface area contributed by atoms with Crippen LogP contribution >= 0.6 is 0 Å². The summed E-state index contributed by atoms with van der Waals surface area (Å²) >= 11 is 0. The zero-order valence-corrected chi connectivity index (χ0v) is 23.6. The minimum Gasteiger partial charge on any atom is -0.508 e. The zero-order chi connectivity index (χ0) is 28.4. The van der Waals surface area contributed by atoms with Crippen molar-refractivity contribution in [1.29, 1.82) is 0 Å². The maximum absolute atomic E-state index is 14.4. The van der Waals surface area contributed by atoms with Crippen LogP contribution in [0.3, 0.4) is 0 Å². The smallest absolute Gasteiger partial charge is 0.408 e. The Labute approximate surface area is 232 Å². The minimum atomic E-state index is -0.968. The summed E-state index contributed by atoms with van der Waals surface area (Å²) in [6, 6.07) is 14.0. The number of phenolic OH excluding ortho intramolecular Hbond substituents is 1. The highest BCUT2D eigenvalue weighted by Gasteiger charge is 2.42. The second-order valence-corrected chi connectivity index (χ2v) is 11.2. The lowest BCUT2D eigenvalue weighted by atomic mass is 9.87. The second kappa shape index (κ2) is 14.0. The van der Waals surface area contributed by atoms with Gasteiger partial charge < -0.3 is 25.4 Å². The molecule has 8 heteroatoms. The van der Waals surface area contributed by atoms with Crippen LogP contribution in [0.25, 0.3) is 0 Å². The van der Waals surface area contributed by atoms with Gasteiger partial charge in [-0.2, -0.15) is 0 Å². The van der Waals surface area contributed by atoms with Gasteiger partial charge in [-0.05, 0) is 69.7 Å². The average Bonchev–Trinajstić information content (AvgIpc) is 2.85. The van der Waals surface area contributed by atoms with E-state index in [-0.39, 0.29) is 30.0 Å². The Morgan fingerprint density at radius 3 is 2.26 bits per heavy atom. The summed E-state index contributed by atoms with van der Waals surface area (Å²) in [5, 5.41) is 15.6. The van der Waals surface area contributed by atoms with Gasteiger partial charge in [0.05, 0.1) is 0 Å². The molecule has 8 nitrogen and oxygen atoms in total. The molecule has 0 aromatic heterocycles. The molecule has 2 unspecified atom stereocenters. The molecule has 0 spiro atoms. The number of hydrogen-bond donors (Lipinski definition) is 3. The van der Waals surface area contributed by atoms with Gasteiger partial charge in [-0.25, -0.2) is 4.79 Å². The molecular weight excluding hydrogens is 494 g/mol. The summed E-state index contributed by atoms with van der Waals surface area (Å²) in [6.45, 7) is 7.93. The molecule has 1 fully saturated rings. The van der Waals surface area contributed by atoms with Gasteiger partial charge in [0.15, 0.2) is 0 Å². The highest BCUT2D eigenvalue weighted by Crippen LogP contribution is 2.34. The predicted octanol–water partition coefficient (Wildman–Crippen LogP) is 5.26. The number of ether oxygens (including phenoxy) is 1. The number of amides is 3. The van der Waals surface area contributed by atoms with Crippen molar-refractivity contribution in [3.8, 4) is 5.75 Å². The Hall–Kier alpha value is -3.55. The Kier molecular flexibility index (Phi) is 10.8. The minimum absolute atomic E-state index is 0.113. The lowest BCUT2D eigenvalue weighted by Gasteiger charge is -2.43. The predicted molar refractivity (Wildman–Crippen MR) is 151 cm³/mol. The first kappa shape index (κ1) is 30.0. The van der Waals surface area contributed by atoms with Crippen molar-refractivity contribution in [1.82, 2.24) is 15.5 Å². The highest BCUT2D eigenvalue weighted by molar-refractivity contribution is 5.92. The summed E-state index contributed by atoms with van der Waals surface area (Å²) < 4.78 is 5.48. The van der Waals surface area contributed by atoms with Crippen molar-refractivity contribution in [2.45, 2.75) is 96.4 Å². The van der Waals surface area contributed by atoms with E-state index in [1.165, 1.54) is 0 Å². The van der Waals surface area contributed by atoms with Gasteiger partial charge in [0.1, 0.15) is 23.4 Å². The number of rotatable bonds is 12. The van der Waals surface area contributed by atoms with Crippen LogP contribution in [0.1, 0.15) is 83.4 Å². The van der Waals surface area contributed by atoms with Gasteiger partial charge in [0.25, 0.3) is 0 Å². The van der Waals surface area contributed by atoms with E-state index >= 15 is 0 Å². The molecule has 1 aliphatic rings. The third-order valence-corrected chi connectivity index (χ3v) is 6.81. The molecule has 39 heavy (non-hydrogen) atoms. The topological polar surface area (TPSA) is 108 Å². The van der Waals surface area contributed by atoms with Crippen molar-refractivity contribution in [2.75, 3.05) is 6.54 Å². The number of benzene rings is 2. The first-order valence-corrected chi connectivity index (χ1v) is 14.0. The molecule has 1 saturated carbocycles. The van der Waals surface area contributed by atoms with Gasteiger partial charge in [-0.1, -0.05) is 62.2 Å². The Morgan fingerprint density at radius 1 is 1.03 bits per heavy atom. The normalized spacial score (nSPS) is 15.0. The number of nitrogens with zero attached hydrogens (tertiary/aromatic N) is 1. The largest absolute Gasteiger partial charge is 0.508 e. The summed E-state index contributed by atoms with van der Waals surface area (Å²) in [4.78, 5) is 42.6. The van der Waals surface area contributed by atoms with E-state index in [0.717, 1.165) is 49.7 Å². The molecule has 2 aromatic carbocycles. The quantitative estimate of drug-likeness (QED) is 0.320. The third-order valence-electron chi connectivity index (χ3n) is 6.81. The molecular formula is C31H43N3O5. The fourth-order valence-corrected chi connectivity index (χ4v) is 4.64. The molecule has 2 aromatic rings. The number of nitrogens with one attached hydrogen (secondary N) is 2. The first-order chi connectivity index (χ1) is 18.6. The lowest BCUT2D eigenvalue weighted by Crippen LogP contribution is -2.58. The summed E-state index contributed by atoms with van der Waals surface area (Å²) in [7, 11) is 0. The van der Waals surface area contributed by atoms with Crippen molar-refractivity contribution in [3.05, 3.63) is 65.7 Å². The maximum Gasteiger partial charge on any atom is 0.408 e. The van der Waals surface area contributed by atoms with Gasteiger partial charge in [0.2, 0.25) is 11.8 Å². The van der Waals surface area contributed by atoms with Gasteiger partial charge >= 0.3 is 6.09 Å². The summed E-state index contributed by atoms with van der Waals surface area (Å²) in [5.74, 6) is -0.448. The molecule has 0 radical (unpaired) electrons. The van der Waals surface area contributed by atoms with E-state index in [4.69, 9.17) is 4.74 Å². The van der Waals surface area contributed by atoms with E-state index in [1.54, 1.807) is 49.9 Å². The fourth-order valence-electron chi connectivity index (χ4n) is 4.64. The SMILES string of the molecule is CCCCCNC(=O)C(c1ccccc1)N(C(=O)C(Cc1ccc(O)cc1)NC(=O)OC(C)(C)C)C1CCC1. The van der Waals surface area contributed by atoms with Crippen molar-refractivity contribution < 1.29 is 24.2 Å². The summed E-state index contributed by atoms with van der Waals surface area (Å²) in [6.07, 6.45) is 4.94. The third kappa shape index (κ3) is 9.01. The molecule has 2 atom stereocenters. The van der Waals surface area contributed by atoms with Crippen molar-refractivity contribution in [3.63, 3.8) is 0 Å². The monoisotopic (exact) mass is 537 g/mol. The van der Waals surface area contributed by atoms with Crippen LogP contribution in [-0.4, -0.2) is 52.1 Å². The van der Waals surface area contributed by atoms with Crippen LogP contribution in [0.5, 0.6) is 5.75 Å². The Morgan fingerprint density at radius 2 is 1.69 bits per heavy atom. The lowest BCUT2D eigenvalue weighted by molar-refractivity contribution is -0.147. The highest BCUT2D eigenvalue weighted by atomic mass is 16.6. The number of hydrogen-bond acceptors (Lipinski definition) is 5. The van der Waals surface area contributed by atoms with Gasteiger partial charge in [-0.3, -0.25) is 9.59 Å². The summed E-state index contributed by atoms with van der Waals surface area (Å²) in [5.41, 5.74) is 0.747. The number of carbonyl (C=O) groups is 3. The van der Waals surface area contributed by atoms with Crippen LogP contribution in [0, 0.1) is 0 Å². The van der Waals surface area contributed by atoms with Crippen LogP contribution in [-0.2, 0) is 20.7 Å². The van der Waals surface area contributed by atoms with Crippen molar-refractivity contribution in [2.24, 2.45) is 0 Å². The maximum atomic E-state index is 14.4. The molecule has 3 amide bonds. The average molecular weight is 538 g/mol. The Balaban J connectivity index is 1.96. The number of phenols is 1. The van der Waals surface area contributed by atoms with E-state index in [2.05, 4.69) is 17.6 Å². The second-order valence-electron chi connectivity index (χ2n) is 11.2. The molecule has 0 bridgehead atoms. The molecule has 0 heterocycles. The Bertz CT molecular complexity index is 1080. The molecule has 3 N–H and O–H groups in total. The fraction of sp³-hybridized carbons (Fsp3) is 0.516. The van der Waals surface area contributed by atoms with Crippen LogP contribution < -0.4 is 10.6 Å². The van der Waals surface area contributed by atoms with Gasteiger partial charge in [-0.15, -0.1) is 0 Å². The molecule has 3 rings (SSSR count). The van der Waals surface area contributed by atoms with E-state index in [1.807, 2.05) is 30.3 Å². The van der Waals surface area contributed by atoms with Crippen LogP contribution in [0.15, 0.2) is 54.6 Å². The number of carbonyl (C=O) groups excluding carboxylic acids is 3. The molecule has 0 aliphatic heterocycles. The first-order valence-electron chi connectivity index (χ1n) is 14.0. The van der Waals surface area contributed by atoms with Crippen LogP contribution in [0.4, 0.5) is 4.79 Å². The molecule has 1 aliphatic carbocycles. The number of alkyl carbamates (subject to hydrolysis) is 1. The number of unbranched alkanes of at least 4 members (excludes halogenated alkanes) is 2. The van der Waals surface area contributed by atoms with Crippen LogP contribution in [0.2, 0.25) is 0 Å². The number of aromatic hydroxyl groups is 1. The van der Waals surface area contributed by atoms with Crippen molar-refractivity contribution >= 4 is 17.9 Å². The standard InChI is InChI=1S/C31H43N3O5/c1-5-6-10-20-32-28(36)27(23-12-8-7-9-13-23)34(24-14-11-15-24)29(37)26(33-30(38)39-31(2,3)4)21-22-16-18-25(35)19-17-22/h7-9,12-13,16-19,24,26-27,35H,5-6,10-11,14-15,20-21H2,1-4H3,(H,32,36)(H,33,38).